The minimum Gasteiger partial charge on any atom is -0.356 e. The van der Waals surface area contributed by atoms with Gasteiger partial charge in [-0.2, -0.15) is 0 Å². The molecular formula is C16H32N2O. The average molecular weight is 268 g/mol. The fourth-order valence-electron chi connectivity index (χ4n) is 3.29. The minimum atomic E-state index is -0.243. The average Bonchev–Trinajstić information content (AvgIpc) is 2.28. The van der Waals surface area contributed by atoms with Gasteiger partial charge in [-0.15, -0.1) is 0 Å². The van der Waals surface area contributed by atoms with Crippen molar-refractivity contribution in [3.63, 3.8) is 0 Å². The fourth-order valence-corrected chi connectivity index (χ4v) is 3.29. The molecule has 0 heterocycles. The standard InChI is InChI=1S/C16H32N2O/c1-12(2)14(13(3)4)11-18-15(19)10-16(17)8-6-5-7-9-16/h12-14H,5-11,17H2,1-4H3,(H,18,19). The smallest absolute Gasteiger partial charge is 0.221 e. The number of carbonyl (C=O) groups excluding carboxylic acids is 1. The van der Waals surface area contributed by atoms with Crippen LogP contribution in [0.15, 0.2) is 0 Å². The molecule has 0 radical (unpaired) electrons. The molecule has 1 aliphatic carbocycles. The van der Waals surface area contributed by atoms with Crippen LogP contribution in [0.2, 0.25) is 0 Å². The van der Waals surface area contributed by atoms with Gasteiger partial charge >= 0.3 is 0 Å². The van der Waals surface area contributed by atoms with Gasteiger partial charge in [-0.3, -0.25) is 4.79 Å². The van der Waals surface area contributed by atoms with Crippen LogP contribution in [-0.2, 0) is 4.79 Å². The largest absolute Gasteiger partial charge is 0.356 e. The van der Waals surface area contributed by atoms with Crippen molar-refractivity contribution < 1.29 is 4.79 Å². The molecule has 1 rings (SSSR count). The molecule has 0 bridgehead atoms. The van der Waals surface area contributed by atoms with Gasteiger partial charge in [-0.05, 0) is 30.6 Å². The SMILES string of the molecule is CC(C)C(CNC(=O)CC1(N)CCCCC1)C(C)C. The van der Waals surface area contributed by atoms with Gasteiger partial charge < -0.3 is 11.1 Å². The lowest BCUT2D eigenvalue weighted by molar-refractivity contribution is -0.122. The van der Waals surface area contributed by atoms with Crippen molar-refractivity contribution in [2.24, 2.45) is 23.5 Å². The monoisotopic (exact) mass is 268 g/mol. The molecule has 1 amide bonds. The Morgan fingerprint density at radius 2 is 1.63 bits per heavy atom. The van der Waals surface area contributed by atoms with E-state index in [1.54, 1.807) is 0 Å². The summed E-state index contributed by atoms with van der Waals surface area (Å²) in [5, 5.41) is 3.10. The molecule has 1 aliphatic rings. The van der Waals surface area contributed by atoms with Gasteiger partial charge in [0.05, 0.1) is 0 Å². The topological polar surface area (TPSA) is 55.1 Å². The maximum Gasteiger partial charge on any atom is 0.221 e. The van der Waals surface area contributed by atoms with Gasteiger partial charge in [-0.1, -0.05) is 47.0 Å². The summed E-state index contributed by atoms with van der Waals surface area (Å²) < 4.78 is 0. The first kappa shape index (κ1) is 16.5. The zero-order chi connectivity index (χ0) is 14.5. The van der Waals surface area contributed by atoms with Crippen molar-refractivity contribution in [2.45, 2.75) is 71.8 Å². The third kappa shape index (κ3) is 5.52. The molecule has 3 heteroatoms. The highest BCUT2D eigenvalue weighted by atomic mass is 16.1. The van der Waals surface area contributed by atoms with Gasteiger partial charge in [0.1, 0.15) is 0 Å². The van der Waals surface area contributed by atoms with Crippen LogP contribution in [0, 0.1) is 17.8 Å². The van der Waals surface area contributed by atoms with E-state index >= 15 is 0 Å². The van der Waals surface area contributed by atoms with Gasteiger partial charge in [0.15, 0.2) is 0 Å². The van der Waals surface area contributed by atoms with Crippen LogP contribution in [0.4, 0.5) is 0 Å². The van der Waals surface area contributed by atoms with E-state index in [4.69, 9.17) is 5.73 Å². The van der Waals surface area contributed by atoms with Crippen molar-refractivity contribution >= 4 is 5.91 Å². The lowest BCUT2D eigenvalue weighted by Gasteiger charge is -2.33. The van der Waals surface area contributed by atoms with Crippen LogP contribution in [0.3, 0.4) is 0 Å². The van der Waals surface area contributed by atoms with Crippen LogP contribution >= 0.6 is 0 Å². The van der Waals surface area contributed by atoms with Crippen molar-refractivity contribution in [1.82, 2.24) is 5.32 Å². The first-order valence-corrected chi connectivity index (χ1v) is 7.89. The number of carbonyl (C=O) groups is 1. The van der Waals surface area contributed by atoms with Gasteiger partial charge in [0.25, 0.3) is 0 Å². The first-order chi connectivity index (χ1) is 8.84. The van der Waals surface area contributed by atoms with Crippen LogP contribution in [0.1, 0.15) is 66.2 Å². The first-order valence-electron chi connectivity index (χ1n) is 7.89. The Morgan fingerprint density at radius 1 is 1.11 bits per heavy atom. The lowest BCUT2D eigenvalue weighted by Crippen LogP contribution is -2.46. The Balaban J connectivity index is 2.38. The number of amides is 1. The van der Waals surface area contributed by atoms with E-state index in [0.717, 1.165) is 19.4 Å². The Labute approximate surface area is 118 Å². The van der Waals surface area contributed by atoms with Gasteiger partial charge in [0, 0.05) is 18.5 Å². The minimum absolute atomic E-state index is 0.135. The highest BCUT2D eigenvalue weighted by Gasteiger charge is 2.30. The van der Waals surface area contributed by atoms with E-state index in [-0.39, 0.29) is 11.4 Å². The molecule has 19 heavy (non-hydrogen) atoms. The molecule has 0 aromatic heterocycles. The zero-order valence-electron chi connectivity index (χ0n) is 13.2. The third-order valence-electron chi connectivity index (χ3n) is 4.61. The van der Waals surface area contributed by atoms with Crippen LogP contribution in [0.5, 0.6) is 0 Å². The van der Waals surface area contributed by atoms with E-state index in [2.05, 4.69) is 33.0 Å². The van der Waals surface area contributed by atoms with E-state index in [9.17, 15) is 4.79 Å². The molecule has 1 fully saturated rings. The third-order valence-corrected chi connectivity index (χ3v) is 4.61. The summed E-state index contributed by atoms with van der Waals surface area (Å²) in [4.78, 5) is 12.1. The summed E-state index contributed by atoms with van der Waals surface area (Å²) in [5.41, 5.74) is 6.08. The molecule has 3 nitrogen and oxygen atoms in total. The van der Waals surface area contributed by atoms with E-state index < -0.39 is 0 Å². The number of nitrogens with one attached hydrogen (secondary N) is 1. The highest BCUT2D eigenvalue weighted by Crippen LogP contribution is 2.28. The lowest BCUT2D eigenvalue weighted by atomic mass is 9.80. The zero-order valence-corrected chi connectivity index (χ0v) is 13.2. The van der Waals surface area contributed by atoms with E-state index in [0.29, 0.717) is 24.2 Å². The van der Waals surface area contributed by atoms with E-state index in [1.165, 1.54) is 19.3 Å². The van der Waals surface area contributed by atoms with Crippen LogP contribution in [0.25, 0.3) is 0 Å². The summed E-state index contributed by atoms with van der Waals surface area (Å²) in [6.07, 6.45) is 6.10. The molecular weight excluding hydrogens is 236 g/mol. The fraction of sp³-hybridized carbons (Fsp3) is 0.938. The van der Waals surface area contributed by atoms with Crippen molar-refractivity contribution in [1.29, 1.82) is 0 Å². The maximum absolute atomic E-state index is 12.1. The number of hydrogen-bond donors (Lipinski definition) is 2. The number of hydrogen-bond acceptors (Lipinski definition) is 2. The summed E-state index contributed by atoms with van der Waals surface area (Å²) in [7, 11) is 0. The molecule has 0 unspecified atom stereocenters. The molecule has 0 saturated heterocycles. The number of rotatable bonds is 6. The molecule has 0 aromatic rings. The predicted molar refractivity (Wildman–Crippen MR) is 80.8 cm³/mol. The second-order valence-electron chi connectivity index (χ2n) is 7.06. The normalized spacial score (nSPS) is 19.2. The highest BCUT2D eigenvalue weighted by molar-refractivity contribution is 5.77. The summed E-state index contributed by atoms with van der Waals surface area (Å²) >= 11 is 0. The second-order valence-corrected chi connectivity index (χ2v) is 7.06. The molecule has 0 atom stereocenters. The molecule has 112 valence electrons. The molecule has 3 N–H and O–H groups in total. The van der Waals surface area contributed by atoms with Crippen molar-refractivity contribution in [2.75, 3.05) is 6.54 Å². The Morgan fingerprint density at radius 3 is 2.11 bits per heavy atom. The Bertz CT molecular complexity index is 272. The van der Waals surface area contributed by atoms with E-state index in [1.807, 2.05) is 0 Å². The predicted octanol–water partition coefficient (Wildman–Crippen LogP) is 3.08. The van der Waals surface area contributed by atoms with Gasteiger partial charge in [0.2, 0.25) is 5.91 Å². The molecule has 0 spiro atoms. The summed E-state index contributed by atoms with van der Waals surface area (Å²) in [5.74, 6) is 1.88. The van der Waals surface area contributed by atoms with Crippen molar-refractivity contribution in [3.05, 3.63) is 0 Å². The van der Waals surface area contributed by atoms with Gasteiger partial charge in [-0.25, -0.2) is 0 Å². The summed E-state index contributed by atoms with van der Waals surface area (Å²) in [6, 6.07) is 0. The second kappa shape index (κ2) is 7.28. The molecule has 0 aromatic carbocycles. The maximum atomic E-state index is 12.1. The number of nitrogens with two attached hydrogens (primary N) is 1. The van der Waals surface area contributed by atoms with Crippen molar-refractivity contribution in [3.8, 4) is 0 Å². The quantitative estimate of drug-likeness (QED) is 0.778. The Hall–Kier alpha value is -0.570. The van der Waals surface area contributed by atoms with Crippen LogP contribution < -0.4 is 11.1 Å². The summed E-state index contributed by atoms with van der Waals surface area (Å²) in [6.45, 7) is 9.68. The molecule has 0 aliphatic heterocycles. The molecule has 1 saturated carbocycles. The van der Waals surface area contributed by atoms with Crippen LogP contribution in [-0.4, -0.2) is 18.0 Å². The Kier molecular flexibility index (Phi) is 6.31.